The van der Waals surface area contributed by atoms with Gasteiger partial charge in [0.25, 0.3) is 0 Å². The summed E-state index contributed by atoms with van der Waals surface area (Å²) in [6.07, 6.45) is 1.90. The number of phenolic OH excluding ortho intramolecular Hbond substituents is 1. The maximum absolute atomic E-state index is 12.1. The minimum Gasteiger partial charge on any atom is -0.508 e. The molecule has 0 aliphatic carbocycles. The van der Waals surface area contributed by atoms with Crippen LogP contribution in [0.2, 0.25) is 0 Å². The third-order valence-corrected chi connectivity index (χ3v) is 4.33. The number of cyclic esters (lactones) is 1. The van der Waals surface area contributed by atoms with E-state index in [1.807, 2.05) is 6.92 Å². The van der Waals surface area contributed by atoms with Crippen molar-refractivity contribution >= 4 is 11.8 Å². The second kappa shape index (κ2) is 4.98. The SMILES string of the molecule is CC1(C2CCCNC2)CN(c2ccc(O)cc2)C(=O)O1. The van der Waals surface area contributed by atoms with Gasteiger partial charge in [0.15, 0.2) is 0 Å². The maximum atomic E-state index is 12.1. The second-order valence-corrected chi connectivity index (χ2v) is 5.83. The number of anilines is 1. The van der Waals surface area contributed by atoms with Gasteiger partial charge in [-0.15, -0.1) is 0 Å². The fourth-order valence-electron chi connectivity index (χ4n) is 3.08. The summed E-state index contributed by atoms with van der Waals surface area (Å²) in [5.74, 6) is 0.544. The summed E-state index contributed by atoms with van der Waals surface area (Å²) >= 11 is 0. The third-order valence-electron chi connectivity index (χ3n) is 4.33. The van der Waals surface area contributed by atoms with Gasteiger partial charge in [-0.2, -0.15) is 0 Å². The number of rotatable bonds is 2. The highest BCUT2D eigenvalue weighted by Gasteiger charge is 2.47. The summed E-state index contributed by atoms with van der Waals surface area (Å²) < 4.78 is 5.67. The highest BCUT2D eigenvalue weighted by Crippen LogP contribution is 2.36. The van der Waals surface area contributed by atoms with Crippen LogP contribution in [0.4, 0.5) is 10.5 Å². The van der Waals surface area contributed by atoms with Gasteiger partial charge < -0.3 is 15.2 Å². The van der Waals surface area contributed by atoms with Crippen LogP contribution in [0.15, 0.2) is 24.3 Å². The summed E-state index contributed by atoms with van der Waals surface area (Å²) in [5, 5.41) is 12.7. The first-order valence-electron chi connectivity index (χ1n) is 7.09. The molecule has 2 N–H and O–H groups in total. The van der Waals surface area contributed by atoms with Crippen LogP contribution >= 0.6 is 0 Å². The largest absolute Gasteiger partial charge is 0.508 e. The lowest BCUT2D eigenvalue weighted by Crippen LogP contribution is -2.46. The Morgan fingerprint density at radius 3 is 2.80 bits per heavy atom. The first kappa shape index (κ1) is 13.2. The topological polar surface area (TPSA) is 61.8 Å². The van der Waals surface area contributed by atoms with Crippen molar-refractivity contribution in [2.75, 3.05) is 24.5 Å². The standard InChI is InChI=1S/C15H20N2O3/c1-15(11-3-2-8-16-9-11)10-17(14(19)20-15)12-4-6-13(18)7-5-12/h4-7,11,16,18H,2-3,8-10H2,1H3. The Kier molecular flexibility index (Phi) is 3.30. The van der Waals surface area contributed by atoms with E-state index in [0.29, 0.717) is 12.5 Å². The van der Waals surface area contributed by atoms with E-state index in [1.165, 1.54) is 0 Å². The summed E-state index contributed by atoms with van der Waals surface area (Å²) in [5.41, 5.74) is 0.322. The van der Waals surface area contributed by atoms with Crippen LogP contribution in [0, 0.1) is 5.92 Å². The summed E-state index contributed by atoms with van der Waals surface area (Å²) in [6.45, 7) is 4.52. The average Bonchev–Trinajstić information content (AvgIpc) is 2.77. The van der Waals surface area contributed by atoms with Crippen molar-refractivity contribution in [3.8, 4) is 5.75 Å². The van der Waals surface area contributed by atoms with Crippen molar-refractivity contribution < 1.29 is 14.6 Å². The number of piperidine rings is 1. The molecule has 0 radical (unpaired) electrons. The number of phenols is 1. The smallest absolute Gasteiger partial charge is 0.415 e. The Morgan fingerprint density at radius 1 is 1.40 bits per heavy atom. The Balaban J connectivity index is 1.78. The Morgan fingerprint density at radius 2 is 2.15 bits per heavy atom. The zero-order valence-corrected chi connectivity index (χ0v) is 11.6. The third kappa shape index (κ3) is 2.33. The average molecular weight is 276 g/mol. The van der Waals surface area contributed by atoms with Crippen LogP contribution in [0.25, 0.3) is 0 Å². The molecular formula is C15H20N2O3. The Bertz CT molecular complexity index is 496. The van der Waals surface area contributed by atoms with Gasteiger partial charge in [0, 0.05) is 18.2 Å². The highest BCUT2D eigenvalue weighted by atomic mass is 16.6. The zero-order chi connectivity index (χ0) is 14.2. The lowest BCUT2D eigenvalue weighted by atomic mass is 9.83. The second-order valence-electron chi connectivity index (χ2n) is 5.83. The van der Waals surface area contributed by atoms with Crippen LogP contribution in [0.1, 0.15) is 19.8 Å². The minimum atomic E-state index is -0.442. The number of aromatic hydroxyl groups is 1. The van der Waals surface area contributed by atoms with Gasteiger partial charge in [0.2, 0.25) is 0 Å². The van der Waals surface area contributed by atoms with E-state index >= 15 is 0 Å². The molecule has 3 rings (SSSR count). The molecule has 0 aromatic heterocycles. The lowest BCUT2D eigenvalue weighted by molar-refractivity contribution is 0.0123. The minimum absolute atomic E-state index is 0.195. The van der Waals surface area contributed by atoms with Crippen LogP contribution < -0.4 is 10.2 Å². The van der Waals surface area contributed by atoms with Crippen molar-refractivity contribution in [2.24, 2.45) is 5.92 Å². The molecule has 1 aromatic carbocycles. The molecule has 108 valence electrons. The number of amides is 1. The van der Waals surface area contributed by atoms with Gasteiger partial charge >= 0.3 is 6.09 Å². The molecule has 0 saturated carbocycles. The van der Waals surface area contributed by atoms with Crippen LogP contribution in [-0.2, 0) is 4.74 Å². The van der Waals surface area contributed by atoms with Crippen molar-refractivity contribution in [3.63, 3.8) is 0 Å². The molecule has 1 aromatic rings. The van der Waals surface area contributed by atoms with Crippen molar-refractivity contribution in [2.45, 2.75) is 25.4 Å². The van der Waals surface area contributed by atoms with Crippen LogP contribution in [0.3, 0.4) is 0 Å². The molecule has 0 bridgehead atoms. The van der Waals surface area contributed by atoms with Crippen LogP contribution in [0.5, 0.6) is 5.75 Å². The quantitative estimate of drug-likeness (QED) is 0.868. The predicted molar refractivity (Wildman–Crippen MR) is 75.9 cm³/mol. The Labute approximate surface area is 118 Å². The number of nitrogens with zero attached hydrogens (tertiary/aromatic N) is 1. The van der Waals surface area contributed by atoms with E-state index in [-0.39, 0.29) is 11.8 Å². The number of hydrogen-bond donors (Lipinski definition) is 2. The van der Waals surface area contributed by atoms with E-state index in [1.54, 1.807) is 29.2 Å². The predicted octanol–water partition coefficient (Wildman–Crippen LogP) is 2.11. The van der Waals surface area contributed by atoms with Crippen molar-refractivity contribution in [1.82, 2.24) is 5.32 Å². The van der Waals surface area contributed by atoms with Gasteiger partial charge in [0.05, 0.1) is 6.54 Å². The monoisotopic (exact) mass is 276 g/mol. The van der Waals surface area contributed by atoms with E-state index in [9.17, 15) is 9.90 Å². The molecule has 2 atom stereocenters. The number of ether oxygens (including phenoxy) is 1. The van der Waals surface area contributed by atoms with Gasteiger partial charge in [0.1, 0.15) is 11.4 Å². The molecule has 2 saturated heterocycles. The number of hydrogen-bond acceptors (Lipinski definition) is 4. The number of carbonyl (C=O) groups excluding carboxylic acids is 1. The van der Waals surface area contributed by atoms with Crippen molar-refractivity contribution in [1.29, 1.82) is 0 Å². The molecule has 1 amide bonds. The van der Waals surface area contributed by atoms with Gasteiger partial charge in [-0.1, -0.05) is 0 Å². The maximum Gasteiger partial charge on any atom is 0.415 e. The molecule has 5 heteroatoms. The molecular weight excluding hydrogens is 256 g/mol. The molecule has 2 heterocycles. The molecule has 5 nitrogen and oxygen atoms in total. The van der Waals surface area contributed by atoms with E-state index in [2.05, 4.69) is 5.32 Å². The van der Waals surface area contributed by atoms with E-state index in [0.717, 1.165) is 31.6 Å². The Hall–Kier alpha value is -1.75. The van der Waals surface area contributed by atoms with E-state index in [4.69, 9.17) is 4.74 Å². The molecule has 2 aliphatic heterocycles. The first-order chi connectivity index (χ1) is 9.58. The zero-order valence-electron chi connectivity index (χ0n) is 11.6. The summed E-state index contributed by atoms with van der Waals surface area (Å²) in [7, 11) is 0. The normalized spacial score (nSPS) is 30.4. The number of benzene rings is 1. The number of nitrogens with one attached hydrogen (secondary N) is 1. The van der Waals surface area contributed by atoms with Gasteiger partial charge in [-0.25, -0.2) is 4.79 Å². The molecule has 2 unspecified atom stereocenters. The first-order valence-corrected chi connectivity index (χ1v) is 7.09. The molecule has 0 spiro atoms. The summed E-state index contributed by atoms with van der Waals surface area (Å²) in [4.78, 5) is 13.8. The van der Waals surface area contributed by atoms with Crippen molar-refractivity contribution in [3.05, 3.63) is 24.3 Å². The van der Waals surface area contributed by atoms with E-state index < -0.39 is 5.60 Å². The molecule has 2 aliphatic rings. The molecule has 20 heavy (non-hydrogen) atoms. The molecule has 2 fully saturated rings. The fourth-order valence-corrected chi connectivity index (χ4v) is 3.08. The van der Waals surface area contributed by atoms with Gasteiger partial charge in [-0.05, 0) is 50.6 Å². The van der Waals surface area contributed by atoms with Crippen LogP contribution in [-0.4, -0.2) is 36.4 Å². The highest BCUT2D eigenvalue weighted by molar-refractivity contribution is 5.90. The van der Waals surface area contributed by atoms with Gasteiger partial charge in [-0.3, -0.25) is 4.90 Å². The fraction of sp³-hybridized carbons (Fsp3) is 0.533. The number of carbonyl (C=O) groups is 1. The lowest BCUT2D eigenvalue weighted by Gasteiger charge is -2.34. The summed E-state index contributed by atoms with van der Waals surface area (Å²) in [6, 6.07) is 6.64.